The number of carboxylic acids is 1. The summed E-state index contributed by atoms with van der Waals surface area (Å²) in [5.74, 6) is -0.892. The number of piperazine rings is 1. The highest BCUT2D eigenvalue weighted by atomic mass is 16.5. The van der Waals surface area contributed by atoms with Gasteiger partial charge in [0.05, 0.1) is 31.0 Å². The molecule has 0 aliphatic carbocycles. The molecule has 2 saturated heterocycles. The van der Waals surface area contributed by atoms with Crippen molar-refractivity contribution in [2.24, 2.45) is 0 Å². The van der Waals surface area contributed by atoms with Crippen LogP contribution in [0.15, 0.2) is 48.5 Å². The maximum absolute atomic E-state index is 12.5. The maximum atomic E-state index is 12.5. The molecule has 2 amide bonds. The SMILES string of the molecule is O=C(COc1ccccc1)Nc1ccc(N2CCN(CC(=O)N3CCOCC3)CC2)cc1C(=O)O. The summed E-state index contributed by atoms with van der Waals surface area (Å²) in [6.45, 7) is 5.35. The molecule has 0 unspecified atom stereocenters. The van der Waals surface area contributed by atoms with Gasteiger partial charge in [-0.05, 0) is 30.3 Å². The van der Waals surface area contributed by atoms with Crippen molar-refractivity contribution in [3.63, 3.8) is 0 Å². The van der Waals surface area contributed by atoms with E-state index < -0.39 is 11.9 Å². The molecule has 2 fully saturated rings. The predicted molar refractivity (Wildman–Crippen MR) is 130 cm³/mol. The van der Waals surface area contributed by atoms with Gasteiger partial charge in [0.2, 0.25) is 5.91 Å². The molecule has 0 aromatic heterocycles. The third kappa shape index (κ3) is 6.71. The molecule has 2 N–H and O–H groups in total. The molecule has 10 heteroatoms. The maximum Gasteiger partial charge on any atom is 0.337 e. The molecule has 0 radical (unpaired) electrons. The van der Waals surface area contributed by atoms with Gasteiger partial charge in [-0.15, -0.1) is 0 Å². The molecule has 2 aliphatic rings. The van der Waals surface area contributed by atoms with Crippen molar-refractivity contribution in [2.75, 3.05) is 75.9 Å². The number of morpholine rings is 1. The van der Waals surface area contributed by atoms with Gasteiger partial charge in [0.1, 0.15) is 5.75 Å². The van der Waals surface area contributed by atoms with Gasteiger partial charge in [-0.2, -0.15) is 0 Å². The molecule has 35 heavy (non-hydrogen) atoms. The van der Waals surface area contributed by atoms with Gasteiger partial charge in [0.25, 0.3) is 5.91 Å². The Bertz CT molecular complexity index is 1030. The third-order valence-corrected chi connectivity index (χ3v) is 6.08. The lowest BCUT2D eigenvalue weighted by Crippen LogP contribution is -2.51. The van der Waals surface area contributed by atoms with Crippen LogP contribution >= 0.6 is 0 Å². The number of para-hydroxylation sites is 1. The highest BCUT2D eigenvalue weighted by Gasteiger charge is 2.24. The van der Waals surface area contributed by atoms with Crippen molar-refractivity contribution < 1.29 is 29.0 Å². The van der Waals surface area contributed by atoms with Crippen LogP contribution in [0.3, 0.4) is 0 Å². The Balaban J connectivity index is 1.31. The van der Waals surface area contributed by atoms with E-state index in [4.69, 9.17) is 9.47 Å². The lowest BCUT2D eigenvalue weighted by molar-refractivity contribution is -0.136. The van der Waals surface area contributed by atoms with E-state index >= 15 is 0 Å². The van der Waals surface area contributed by atoms with Crippen molar-refractivity contribution in [1.82, 2.24) is 9.80 Å². The topological polar surface area (TPSA) is 112 Å². The Morgan fingerprint density at radius 1 is 0.943 bits per heavy atom. The van der Waals surface area contributed by atoms with Crippen molar-refractivity contribution in [1.29, 1.82) is 0 Å². The summed E-state index contributed by atoms with van der Waals surface area (Å²) in [7, 11) is 0. The van der Waals surface area contributed by atoms with E-state index in [1.54, 1.807) is 42.5 Å². The summed E-state index contributed by atoms with van der Waals surface area (Å²) >= 11 is 0. The van der Waals surface area contributed by atoms with Gasteiger partial charge < -0.3 is 29.7 Å². The fraction of sp³-hybridized carbons (Fsp3) is 0.400. The number of aromatic carboxylic acids is 1. The number of rotatable bonds is 8. The number of carbonyl (C=O) groups excluding carboxylic acids is 2. The molecule has 2 aromatic rings. The minimum atomic E-state index is -1.12. The second-order valence-corrected chi connectivity index (χ2v) is 8.44. The molecule has 0 saturated carbocycles. The lowest BCUT2D eigenvalue weighted by Gasteiger charge is -2.37. The van der Waals surface area contributed by atoms with Crippen molar-refractivity contribution in [3.05, 3.63) is 54.1 Å². The first-order valence-electron chi connectivity index (χ1n) is 11.7. The average molecular weight is 483 g/mol. The Kier molecular flexibility index (Phi) is 8.17. The molecule has 10 nitrogen and oxygen atoms in total. The second kappa shape index (κ2) is 11.7. The van der Waals surface area contributed by atoms with Crippen molar-refractivity contribution >= 4 is 29.2 Å². The van der Waals surface area contributed by atoms with E-state index in [9.17, 15) is 19.5 Å². The number of hydrogen-bond acceptors (Lipinski definition) is 7. The molecule has 0 bridgehead atoms. The molecule has 2 aromatic carbocycles. The smallest absolute Gasteiger partial charge is 0.337 e. The largest absolute Gasteiger partial charge is 0.484 e. The van der Waals surface area contributed by atoms with E-state index in [-0.39, 0.29) is 23.8 Å². The zero-order valence-corrected chi connectivity index (χ0v) is 19.5. The Labute approximate surface area is 204 Å². The van der Waals surface area contributed by atoms with Gasteiger partial charge in [-0.3, -0.25) is 14.5 Å². The van der Waals surface area contributed by atoms with Gasteiger partial charge >= 0.3 is 5.97 Å². The standard InChI is InChI=1S/C25H30N4O6/c30-23(18-35-20-4-2-1-3-5-20)26-22-7-6-19(16-21(22)25(32)33)28-10-8-27(9-11-28)17-24(31)29-12-14-34-15-13-29/h1-7,16H,8-15,17-18H2,(H,26,30)(H,32,33). The van der Waals surface area contributed by atoms with E-state index in [1.807, 2.05) is 11.0 Å². The number of amides is 2. The Hall–Kier alpha value is -3.63. The van der Waals surface area contributed by atoms with E-state index in [0.717, 1.165) is 5.69 Å². The molecule has 2 aliphatic heterocycles. The summed E-state index contributed by atoms with van der Waals surface area (Å²) in [5, 5.41) is 12.3. The van der Waals surface area contributed by atoms with E-state index in [1.165, 1.54) is 0 Å². The van der Waals surface area contributed by atoms with Crippen LogP contribution in [0.2, 0.25) is 0 Å². The summed E-state index contributed by atoms with van der Waals surface area (Å²) in [4.78, 5) is 42.7. The van der Waals surface area contributed by atoms with Crippen LogP contribution in [0.4, 0.5) is 11.4 Å². The number of nitrogens with zero attached hydrogens (tertiary/aromatic N) is 3. The number of carboxylic acid groups (broad SMARTS) is 1. The normalized spacial score (nSPS) is 16.6. The number of benzene rings is 2. The quantitative estimate of drug-likeness (QED) is 0.581. The fourth-order valence-corrected chi connectivity index (χ4v) is 4.13. The van der Waals surface area contributed by atoms with Crippen LogP contribution < -0.4 is 15.0 Å². The fourth-order valence-electron chi connectivity index (χ4n) is 4.13. The van der Waals surface area contributed by atoms with Crippen LogP contribution in [-0.2, 0) is 14.3 Å². The van der Waals surface area contributed by atoms with Crippen LogP contribution in [0, 0.1) is 0 Å². The monoisotopic (exact) mass is 482 g/mol. The van der Waals surface area contributed by atoms with E-state index in [2.05, 4.69) is 15.1 Å². The second-order valence-electron chi connectivity index (χ2n) is 8.44. The first-order chi connectivity index (χ1) is 17.0. The molecular weight excluding hydrogens is 452 g/mol. The molecule has 4 rings (SSSR count). The van der Waals surface area contributed by atoms with Gasteiger partial charge in [0, 0.05) is 45.0 Å². The van der Waals surface area contributed by atoms with Crippen LogP contribution in [-0.4, -0.2) is 98.3 Å². The van der Waals surface area contributed by atoms with Crippen molar-refractivity contribution in [3.8, 4) is 5.75 Å². The molecule has 186 valence electrons. The zero-order chi connectivity index (χ0) is 24.6. The zero-order valence-electron chi connectivity index (χ0n) is 19.5. The molecule has 0 atom stereocenters. The first kappa shape index (κ1) is 24.5. The number of nitrogens with one attached hydrogen (secondary N) is 1. The van der Waals surface area contributed by atoms with E-state index in [0.29, 0.717) is 64.8 Å². The third-order valence-electron chi connectivity index (χ3n) is 6.08. The van der Waals surface area contributed by atoms with Gasteiger partial charge in [0.15, 0.2) is 6.61 Å². The Morgan fingerprint density at radius 2 is 1.66 bits per heavy atom. The minimum absolute atomic E-state index is 0.0143. The average Bonchev–Trinajstić information content (AvgIpc) is 2.89. The summed E-state index contributed by atoms with van der Waals surface area (Å²) < 4.78 is 10.7. The van der Waals surface area contributed by atoms with Gasteiger partial charge in [-0.1, -0.05) is 18.2 Å². The molecule has 2 heterocycles. The minimum Gasteiger partial charge on any atom is -0.484 e. The van der Waals surface area contributed by atoms with Crippen molar-refractivity contribution in [2.45, 2.75) is 0 Å². The summed E-state index contributed by atoms with van der Waals surface area (Å²) in [6.07, 6.45) is 0. The Morgan fingerprint density at radius 3 is 2.34 bits per heavy atom. The highest BCUT2D eigenvalue weighted by molar-refractivity contribution is 6.01. The highest BCUT2D eigenvalue weighted by Crippen LogP contribution is 2.25. The number of hydrogen-bond donors (Lipinski definition) is 2. The summed E-state index contributed by atoms with van der Waals surface area (Å²) in [6, 6.07) is 13.9. The predicted octanol–water partition coefficient (Wildman–Crippen LogP) is 1.38. The number of anilines is 2. The number of carbonyl (C=O) groups is 3. The number of ether oxygens (including phenoxy) is 2. The molecule has 0 spiro atoms. The molecular formula is C25H30N4O6. The van der Waals surface area contributed by atoms with Crippen LogP contribution in [0.25, 0.3) is 0 Å². The van der Waals surface area contributed by atoms with Gasteiger partial charge in [-0.25, -0.2) is 4.79 Å². The summed E-state index contributed by atoms with van der Waals surface area (Å²) in [5.41, 5.74) is 0.998. The lowest BCUT2D eigenvalue weighted by atomic mass is 10.1. The van der Waals surface area contributed by atoms with Crippen LogP contribution in [0.5, 0.6) is 5.75 Å². The van der Waals surface area contributed by atoms with Crippen LogP contribution in [0.1, 0.15) is 10.4 Å². The first-order valence-corrected chi connectivity index (χ1v) is 11.7.